The standard InChI is InChI=1S/C21H18Cl2N2O2/c22-14-3-8-18(23)17(13-14)19-9-10-20(27-19)21(26)24-15-4-6-16(7-5-15)25-11-1-2-12-25/h3-10,13H,1-2,11-12H2,(H,24,26). The van der Waals surface area contributed by atoms with Gasteiger partial charge in [-0.1, -0.05) is 23.2 Å². The third kappa shape index (κ3) is 3.97. The van der Waals surface area contributed by atoms with E-state index < -0.39 is 0 Å². The number of hydrogen-bond acceptors (Lipinski definition) is 3. The second-order valence-electron chi connectivity index (χ2n) is 6.48. The van der Waals surface area contributed by atoms with Crippen LogP contribution in [0.15, 0.2) is 59.0 Å². The molecule has 1 saturated heterocycles. The Kier molecular flexibility index (Phi) is 5.10. The molecular formula is C21H18Cl2N2O2. The molecule has 0 atom stereocenters. The minimum absolute atomic E-state index is 0.213. The van der Waals surface area contributed by atoms with Crippen molar-refractivity contribution >= 4 is 40.5 Å². The summed E-state index contributed by atoms with van der Waals surface area (Å²) in [5, 5.41) is 3.92. The van der Waals surface area contributed by atoms with Crippen LogP contribution >= 0.6 is 23.2 Å². The Morgan fingerprint density at radius 3 is 2.44 bits per heavy atom. The Labute approximate surface area is 167 Å². The average molecular weight is 401 g/mol. The SMILES string of the molecule is O=C(Nc1ccc(N2CCCC2)cc1)c1ccc(-c2cc(Cl)ccc2Cl)o1. The lowest BCUT2D eigenvalue weighted by Gasteiger charge is -2.17. The van der Waals surface area contributed by atoms with Gasteiger partial charge in [-0.3, -0.25) is 4.79 Å². The second kappa shape index (κ2) is 7.67. The first kappa shape index (κ1) is 18.0. The lowest BCUT2D eigenvalue weighted by atomic mass is 10.2. The quantitative estimate of drug-likeness (QED) is 0.574. The highest BCUT2D eigenvalue weighted by molar-refractivity contribution is 6.35. The van der Waals surface area contributed by atoms with Crippen LogP contribution in [0.4, 0.5) is 11.4 Å². The highest BCUT2D eigenvalue weighted by Gasteiger charge is 2.16. The van der Waals surface area contributed by atoms with E-state index in [0.717, 1.165) is 18.8 Å². The fourth-order valence-electron chi connectivity index (χ4n) is 3.21. The zero-order valence-electron chi connectivity index (χ0n) is 14.5. The van der Waals surface area contributed by atoms with Crippen molar-refractivity contribution in [2.75, 3.05) is 23.3 Å². The molecule has 2 heterocycles. The number of carbonyl (C=O) groups is 1. The molecule has 27 heavy (non-hydrogen) atoms. The number of rotatable bonds is 4. The topological polar surface area (TPSA) is 45.5 Å². The van der Waals surface area contributed by atoms with Gasteiger partial charge in [0.2, 0.25) is 0 Å². The summed E-state index contributed by atoms with van der Waals surface area (Å²) in [4.78, 5) is 14.8. The van der Waals surface area contributed by atoms with Crippen LogP contribution in [0.3, 0.4) is 0 Å². The number of halogens is 2. The molecule has 0 unspecified atom stereocenters. The summed E-state index contributed by atoms with van der Waals surface area (Å²) in [5.41, 5.74) is 2.56. The Hall–Kier alpha value is -2.43. The van der Waals surface area contributed by atoms with Crippen molar-refractivity contribution in [1.82, 2.24) is 0 Å². The van der Waals surface area contributed by atoms with Gasteiger partial charge in [0.15, 0.2) is 5.76 Å². The number of amides is 1. The second-order valence-corrected chi connectivity index (χ2v) is 7.33. The molecule has 1 fully saturated rings. The van der Waals surface area contributed by atoms with Crippen LogP contribution in [0.2, 0.25) is 10.0 Å². The highest BCUT2D eigenvalue weighted by Crippen LogP contribution is 2.32. The van der Waals surface area contributed by atoms with E-state index in [9.17, 15) is 4.79 Å². The zero-order chi connectivity index (χ0) is 18.8. The number of hydrogen-bond donors (Lipinski definition) is 1. The van der Waals surface area contributed by atoms with Crippen molar-refractivity contribution in [3.8, 4) is 11.3 Å². The predicted octanol–water partition coefficient (Wildman–Crippen LogP) is 6.11. The fraction of sp³-hybridized carbons (Fsp3) is 0.190. The number of furan rings is 1. The van der Waals surface area contributed by atoms with Gasteiger partial charge in [-0.15, -0.1) is 0 Å². The molecule has 138 valence electrons. The van der Waals surface area contributed by atoms with Gasteiger partial charge in [0.25, 0.3) is 5.91 Å². The maximum atomic E-state index is 12.5. The van der Waals surface area contributed by atoms with Gasteiger partial charge < -0.3 is 14.6 Å². The highest BCUT2D eigenvalue weighted by atomic mass is 35.5. The van der Waals surface area contributed by atoms with Gasteiger partial charge >= 0.3 is 0 Å². The first-order valence-electron chi connectivity index (χ1n) is 8.82. The van der Waals surface area contributed by atoms with Crippen molar-refractivity contribution in [3.05, 3.63) is 70.4 Å². The van der Waals surface area contributed by atoms with E-state index in [4.69, 9.17) is 27.6 Å². The molecule has 6 heteroatoms. The number of anilines is 2. The van der Waals surface area contributed by atoms with Crippen molar-refractivity contribution in [3.63, 3.8) is 0 Å². The maximum Gasteiger partial charge on any atom is 0.291 e. The van der Waals surface area contributed by atoms with Gasteiger partial charge in [-0.05, 0) is 67.4 Å². The molecule has 2 aromatic carbocycles. The van der Waals surface area contributed by atoms with Crippen LogP contribution < -0.4 is 10.2 Å². The van der Waals surface area contributed by atoms with Gasteiger partial charge in [0.1, 0.15) is 5.76 Å². The third-order valence-corrected chi connectivity index (χ3v) is 5.18. The summed E-state index contributed by atoms with van der Waals surface area (Å²) in [7, 11) is 0. The van der Waals surface area contributed by atoms with Crippen LogP contribution in [0, 0.1) is 0 Å². The lowest BCUT2D eigenvalue weighted by Crippen LogP contribution is -2.17. The largest absolute Gasteiger partial charge is 0.451 e. The lowest BCUT2D eigenvalue weighted by molar-refractivity contribution is 0.0997. The minimum atomic E-state index is -0.312. The first-order chi connectivity index (χ1) is 13.1. The molecule has 0 radical (unpaired) electrons. The Morgan fingerprint density at radius 2 is 1.70 bits per heavy atom. The van der Waals surface area contributed by atoms with E-state index in [1.54, 1.807) is 30.3 Å². The van der Waals surface area contributed by atoms with Gasteiger partial charge in [-0.2, -0.15) is 0 Å². The molecule has 0 spiro atoms. The number of nitrogens with one attached hydrogen (secondary N) is 1. The Morgan fingerprint density at radius 1 is 0.963 bits per heavy atom. The summed E-state index contributed by atoms with van der Waals surface area (Å²) >= 11 is 12.2. The summed E-state index contributed by atoms with van der Waals surface area (Å²) < 4.78 is 5.68. The predicted molar refractivity (Wildman–Crippen MR) is 110 cm³/mol. The molecular weight excluding hydrogens is 383 g/mol. The maximum absolute atomic E-state index is 12.5. The van der Waals surface area contributed by atoms with Gasteiger partial charge in [0, 0.05) is 35.1 Å². The summed E-state index contributed by atoms with van der Waals surface area (Å²) in [5.74, 6) is 0.398. The Balaban J connectivity index is 1.47. The van der Waals surface area contributed by atoms with E-state index in [2.05, 4.69) is 10.2 Å². The molecule has 4 nitrogen and oxygen atoms in total. The molecule has 1 aliphatic heterocycles. The van der Waals surface area contributed by atoms with Crippen LogP contribution in [-0.2, 0) is 0 Å². The summed E-state index contributed by atoms with van der Waals surface area (Å²) in [6.45, 7) is 2.18. The molecule has 4 rings (SSSR count). The number of carbonyl (C=O) groups excluding carboxylic acids is 1. The van der Waals surface area contributed by atoms with Gasteiger partial charge in [-0.25, -0.2) is 0 Å². The molecule has 3 aromatic rings. The van der Waals surface area contributed by atoms with E-state index in [1.165, 1.54) is 18.5 Å². The van der Waals surface area contributed by atoms with Gasteiger partial charge in [0.05, 0.1) is 5.02 Å². The molecule has 0 aliphatic carbocycles. The first-order valence-corrected chi connectivity index (χ1v) is 9.57. The molecule has 0 bridgehead atoms. The van der Waals surface area contributed by atoms with E-state index in [-0.39, 0.29) is 11.7 Å². The van der Waals surface area contributed by atoms with Crippen LogP contribution in [0.5, 0.6) is 0 Å². The summed E-state index contributed by atoms with van der Waals surface area (Å²) in [6.07, 6.45) is 2.46. The van der Waals surface area contributed by atoms with Crippen molar-refractivity contribution in [2.45, 2.75) is 12.8 Å². The van der Waals surface area contributed by atoms with E-state index in [0.29, 0.717) is 21.4 Å². The van der Waals surface area contributed by atoms with Crippen LogP contribution in [0.25, 0.3) is 11.3 Å². The normalized spacial score (nSPS) is 13.8. The average Bonchev–Trinajstić information content (AvgIpc) is 3.36. The minimum Gasteiger partial charge on any atom is -0.451 e. The van der Waals surface area contributed by atoms with Crippen molar-refractivity contribution in [2.24, 2.45) is 0 Å². The molecule has 1 aromatic heterocycles. The number of benzene rings is 2. The van der Waals surface area contributed by atoms with Crippen molar-refractivity contribution in [1.29, 1.82) is 0 Å². The van der Waals surface area contributed by atoms with E-state index in [1.807, 2.05) is 24.3 Å². The molecule has 1 N–H and O–H groups in total. The molecule has 1 amide bonds. The van der Waals surface area contributed by atoms with Crippen LogP contribution in [-0.4, -0.2) is 19.0 Å². The fourth-order valence-corrected chi connectivity index (χ4v) is 3.60. The molecule has 0 saturated carbocycles. The smallest absolute Gasteiger partial charge is 0.291 e. The van der Waals surface area contributed by atoms with Crippen LogP contribution in [0.1, 0.15) is 23.4 Å². The monoisotopic (exact) mass is 400 g/mol. The van der Waals surface area contributed by atoms with Crippen molar-refractivity contribution < 1.29 is 9.21 Å². The number of nitrogens with zero attached hydrogens (tertiary/aromatic N) is 1. The van der Waals surface area contributed by atoms with E-state index >= 15 is 0 Å². The summed E-state index contributed by atoms with van der Waals surface area (Å²) in [6, 6.07) is 16.3. The third-order valence-electron chi connectivity index (χ3n) is 4.62. The zero-order valence-corrected chi connectivity index (χ0v) is 16.1. The molecule has 1 aliphatic rings. The Bertz CT molecular complexity index is 961.